The number of carbonyl (C=O) groups excluding carboxylic acids is 1. The van der Waals surface area contributed by atoms with Gasteiger partial charge in [-0.2, -0.15) is 5.10 Å². The van der Waals surface area contributed by atoms with E-state index in [0.717, 1.165) is 27.9 Å². The van der Waals surface area contributed by atoms with Crippen LogP contribution in [0.1, 0.15) is 29.0 Å². The van der Waals surface area contributed by atoms with E-state index in [-0.39, 0.29) is 11.8 Å². The summed E-state index contributed by atoms with van der Waals surface area (Å²) >= 11 is 0. The molecule has 2 N–H and O–H groups in total. The molecule has 0 radical (unpaired) electrons. The monoisotopic (exact) mass is 425 g/mol. The highest BCUT2D eigenvalue weighted by Gasteiger charge is 2.32. The lowest BCUT2D eigenvalue weighted by Gasteiger charge is -2.24. The summed E-state index contributed by atoms with van der Waals surface area (Å²) in [6, 6.07) is 25.9. The molecule has 0 bridgehead atoms. The fourth-order valence-electron chi connectivity index (χ4n) is 4.12. The van der Waals surface area contributed by atoms with Crippen molar-refractivity contribution >= 4 is 11.7 Å². The lowest BCUT2D eigenvalue weighted by molar-refractivity contribution is -0.116. The van der Waals surface area contributed by atoms with Gasteiger partial charge < -0.3 is 14.8 Å². The Kier molecular flexibility index (Phi) is 5.34. The summed E-state index contributed by atoms with van der Waals surface area (Å²) < 4.78 is 11.6. The van der Waals surface area contributed by atoms with Crippen molar-refractivity contribution in [3.63, 3.8) is 0 Å². The molecule has 0 spiro atoms. The van der Waals surface area contributed by atoms with Gasteiger partial charge in [0.2, 0.25) is 5.91 Å². The van der Waals surface area contributed by atoms with E-state index >= 15 is 0 Å². The average Bonchev–Trinajstić information content (AvgIpc) is 3.27. The van der Waals surface area contributed by atoms with Crippen molar-refractivity contribution < 1.29 is 14.3 Å². The molecular weight excluding hydrogens is 402 g/mol. The number of anilines is 1. The molecule has 1 aliphatic heterocycles. The standard InChI is InChI=1S/C26H23N3O3/c1-31-22-14-19(12-13-21(22)32-16-17-8-4-2-5-9-17)20-15-23(30)27-26-24(20)25(28-29-26)18-10-6-3-7-11-18/h2-14,20H,15-16H2,1H3,(H2,27,28,29,30)/t20-/m1/s1. The van der Waals surface area contributed by atoms with Crippen molar-refractivity contribution in [3.05, 3.63) is 95.6 Å². The number of hydrogen-bond acceptors (Lipinski definition) is 4. The topological polar surface area (TPSA) is 76.2 Å². The number of aromatic nitrogens is 2. The fraction of sp³-hybridized carbons (Fsp3) is 0.154. The third kappa shape index (κ3) is 3.83. The van der Waals surface area contributed by atoms with Crippen LogP contribution in [0.2, 0.25) is 0 Å². The molecule has 2 heterocycles. The molecule has 160 valence electrons. The molecule has 1 aliphatic rings. The summed E-state index contributed by atoms with van der Waals surface area (Å²) in [5, 5.41) is 10.4. The maximum absolute atomic E-state index is 12.4. The molecule has 0 saturated carbocycles. The van der Waals surface area contributed by atoms with Gasteiger partial charge in [0, 0.05) is 17.9 Å². The van der Waals surface area contributed by atoms with Gasteiger partial charge in [-0.3, -0.25) is 9.89 Å². The number of aromatic amines is 1. The lowest BCUT2D eigenvalue weighted by Crippen LogP contribution is -2.23. The molecule has 1 amide bonds. The molecule has 3 aromatic carbocycles. The number of carbonyl (C=O) groups is 1. The predicted octanol–water partition coefficient (Wildman–Crippen LogP) is 5.14. The van der Waals surface area contributed by atoms with Crippen molar-refractivity contribution in [1.82, 2.24) is 10.2 Å². The number of fused-ring (bicyclic) bond motifs is 1. The Labute approximate surface area is 186 Å². The quantitative estimate of drug-likeness (QED) is 0.449. The highest BCUT2D eigenvalue weighted by atomic mass is 16.5. The van der Waals surface area contributed by atoms with Gasteiger partial charge >= 0.3 is 0 Å². The van der Waals surface area contributed by atoms with Gasteiger partial charge in [-0.15, -0.1) is 0 Å². The van der Waals surface area contributed by atoms with Gasteiger partial charge in [-0.1, -0.05) is 66.7 Å². The summed E-state index contributed by atoms with van der Waals surface area (Å²) in [6.07, 6.45) is 0.333. The third-order valence-corrected chi connectivity index (χ3v) is 5.69. The summed E-state index contributed by atoms with van der Waals surface area (Å²) in [5.74, 6) is 1.67. The maximum Gasteiger partial charge on any atom is 0.226 e. The second-order valence-corrected chi connectivity index (χ2v) is 7.72. The molecule has 0 unspecified atom stereocenters. The molecule has 32 heavy (non-hydrogen) atoms. The average molecular weight is 425 g/mol. The number of rotatable bonds is 6. The Morgan fingerprint density at radius 2 is 1.72 bits per heavy atom. The van der Waals surface area contributed by atoms with E-state index in [2.05, 4.69) is 15.5 Å². The molecular formula is C26H23N3O3. The summed E-state index contributed by atoms with van der Waals surface area (Å²) in [5.41, 5.74) is 4.98. The van der Waals surface area contributed by atoms with Gasteiger partial charge in [0.25, 0.3) is 0 Å². The number of nitrogens with zero attached hydrogens (tertiary/aromatic N) is 1. The van der Waals surface area contributed by atoms with Gasteiger partial charge in [0.1, 0.15) is 6.61 Å². The smallest absolute Gasteiger partial charge is 0.226 e. The van der Waals surface area contributed by atoms with Crippen molar-refractivity contribution in [3.8, 4) is 22.8 Å². The highest BCUT2D eigenvalue weighted by molar-refractivity contribution is 5.96. The van der Waals surface area contributed by atoms with Crippen LogP contribution in [0.15, 0.2) is 78.9 Å². The summed E-state index contributed by atoms with van der Waals surface area (Å²) in [4.78, 5) is 12.4. The highest BCUT2D eigenvalue weighted by Crippen LogP contribution is 2.43. The number of hydrogen-bond donors (Lipinski definition) is 2. The van der Waals surface area contributed by atoms with Gasteiger partial charge in [0.15, 0.2) is 17.3 Å². The van der Waals surface area contributed by atoms with Crippen molar-refractivity contribution in [1.29, 1.82) is 0 Å². The van der Waals surface area contributed by atoms with Crippen LogP contribution in [0.5, 0.6) is 11.5 Å². The van der Waals surface area contributed by atoms with Gasteiger partial charge in [-0.05, 0) is 28.8 Å². The van der Waals surface area contributed by atoms with Crippen LogP contribution in [0.25, 0.3) is 11.3 Å². The molecule has 5 rings (SSSR count). The second-order valence-electron chi connectivity index (χ2n) is 7.72. The first-order valence-corrected chi connectivity index (χ1v) is 10.5. The fourth-order valence-corrected chi connectivity index (χ4v) is 4.12. The van der Waals surface area contributed by atoms with Crippen LogP contribution in [0, 0.1) is 0 Å². The Morgan fingerprint density at radius 1 is 0.969 bits per heavy atom. The Balaban J connectivity index is 1.49. The van der Waals surface area contributed by atoms with E-state index in [1.54, 1.807) is 7.11 Å². The molecule has 0 aliphatic carbocycles. The van der Waals surface area contributed by atoms with Gasteiger partial charge in [0.05, 0.1) is 12.8 Å². The van der Waals surface area contributed by atoms with E-state index in [4.69, 9.17) is 9.47 Å². The first kappa shape index (κ1) is 19.9. The number of methoxy groups -OCH3 is 1. The number of nitrogens with one attached hydrogen (secondary N) is 2. The van der Waals surface area contributed by atoms with Crippen LogP contribution in [-0.2, 0) is 11.4 Å². The van der Waals surface area contributed by atoms with Gasteiger partial charge in [-0.25, -0.2) is 0 Å². The zero-order valence-corrected chi connectivity index (χ0v) is 17.7. The number of ether oxygens (including phenoxy) is 2. The molecule has 0 saturated heterocycles. The largest absolute Gasteiger partial charge is 0.493 e. The third-order valence-electron chi connectivity index (χ3n) is 5.69. The van der Waals surface area contributed by atoms with Crippen LogP contribution >= 0.6 is 0 Å². The van der Waals surface area contributed by atoms with Crippen LogP contribution in [0.3, 0.4) is 0 Å². The predicted molar refractivity (Wildman–Crippen MR) is 123 cm³/mol. The number of H-pyrrole nitrogens is 1. The zero-order chi connectivity index (χ0) is 21.9. The minimum absolute atomic E-state index is 0.0583. The summed E-state index contributed by atoms with van der Waals surface area (Å²) in [6.45, 7) is 0.451. The van der Waals surface area contributed by atoms with E-state index in [9.17, 15) is 4.79 Å². The van der Waals surface area contributed by atoms with Crippen molar-refractivity contribution in [2.24, 2.45) is 0 Å². The minimum Gasteiger partial charge on any atom is -0.493 e. The molecule has 1 atom stereocenters. The normalized spacial score (nSPS) is 15.0. The second kappa shape index (κ2) is 8.59. The SMILES string of the molecule is COc1cc([C@H]2CC(=O)Nc3n[nH]c(-c4ccccc4)c32)ccc1OCc1ccccc1. The zero-order valence-electron chi connectivity index (χ0n) is 17.7. The first-order chi connectivity index (χ1) is 15.7. The molecule has 0 fully saturated rings. The van der Waals surface area contributed by atoms with Crippen molar-refractivity contribution in [2.45, 2.75) is 18.9 Å². The van der Waals surface area contributed by atoms with E-state index in [0.29, 0.717) is 30.3 Å². The lowest BCUT2D eigenvalue weighted by atomic mass is 9.84. The molecule has 4 aromatic rings. The van der Waals surface area contributed by atoms with E-state index < -0.39 is 0 Å². The van der Waals surface area contributed by atoms with E-state index in [1.807, 2.05) is 78.9 Å². The number of benzene rings is 3. The first-order valence-electron chi connectivity index (χ1n) is 10.5. The Morgan fingerprint density at radius 3 is 2.47 bits per heavy atom. The van der Waals surface area contributed by atoms with Crippen LogP contribution in [-0.4, -0.2) is 23.2 Å². The number of amides is 1. The Hall–Kier alpha value is -4.06. The molecule has 6 heteroatoms. The van der Waals surface area contributed by atoms with E-state index in [1.165, 1.54) is 0 Å². The minimum atomic E-state index is -0.148. The molecule has 6 nitrogen and oxygen atoms in total. The Bertz CT molecular complexity index is 1240. The summed E-state index contributed by atoms with van der Waals surface area (Å²) in [7, 11) is 1.63. The van der Waals surface area contributed by atoms with Crippen molar-refractivity contribution in [2.75, 3.05) is 12.4 Å². The molecule has 1 aromatic heterocycles. The van der Waals surface area contributed by atoms with Crippen LogP contribution < -0.4 is 14.8 Å². The van der Waals surface area contributed by atoms with Crippen LogP contribution in [0.4, 0.5) is 5.82 Å². The maximum atomic E-state index is 12.4.